The fourth-order valence-corrected chi connectivity index (χ4v) is 7.41. The number of rotatable bonds is 4. The zero-order valence-electron chi connectivity index (χ0n) is 18.9. The first-order chi connectivity index (χ1) is 14.5. The van der Waals surface area contributed by atoms with E-state index in [0.29, 0.717) is 18.3 Å². The second-order valence-electron chi connectivity index (χ2n) is 10.2. The third kappa shape index (κ3) is 3.21. The minimum Gasteiger partial charge on any atom is -0.458 e. The molecule has 0 N–H and O–H groups in total. The van der Waals surface area contributed by atoms with E-state index in [1.807, 2.05) is 6.08 Å². The molecule has 6 atom stereocenters. The molecule has 3 saturated carbocycles. The number of carbonyl (C=O) groups excluding carboxylic acids is 4. The first kappa shape index (κ1) is 22.0. The molecule has 0 aromatic carbocycles. The van der Waals surface area contributed by atoms with Gasteiger partial charge in [-0.2, -0.15) is 0 Å². The highest BCUT2D eigenvalue weighted by Gasteiger charge is 2.68. The lowest BCUT2D eigenvalue weighted by molar-refractivity contribution is -0.190. The summed E-state index contributed by atoms with van der Waals surface area (Å²) in [6.07, 6.45) is 10.4. The lowest BCUT2D eigenvalue weighted by Gasteiger charge is -2.58. The molecule has 6 nitrogen and oxygen atoms in total. The van der Waals surface area contributed by atoms with Crippen LogP contribution >= 0.6 is 0 Å². The molecular weight excluding hydrogens is 396 g/mol. The van der Waals surface area contributed by atoms with Crippen LogP contribution in [0.1, 0.15) is 66.2 Å². The van der Waals surface area contributed by atoms with Gasteiger partial charge < -0.3 is 9.47 Å². The molecule has 168 valence electrons. The molecule has 0 aromatic rings. The van der Waals surface area contributed by atoms with Crippen LogP contribution in [-0.2, 0) is 28.7 Å². The summed E-state index contributed by atoms with van der Waals surface area (Å²) in [4.78, 5) is 48.7. The van der Waals surface area contributed by atoms with Gasteiger partial charge in [0, 0.05) is 24.7 Å². The maximum absolute atomic E-state index is 13.3. The van der Waals surface area contributed by atoms with Crippen molar-refractivity contribution in [2.24, 2.45) is 28.6 Å². The van der Waals surface area contributed by atoms with Gasteiger partial charge in [0.1, 0.15) is 0 Å². The Morgan fingerprint density at radius 1 is 1.03 bits per heavy atom. The molecule has 4 aliphatic carbocycles. The summed E-state index contributed by atoms with van der Waals surface area (Å²) >= 11 is 0. The number of carbonyl (C=O) groups is 4. The summed E-state index contributed by atoms with van der Waals surface area (Å²) in [7, 11) is 0. The topological polar surface area (TPSA) is 86.7 Å². The Balaban J connectivity index is 1.68. The van der Waals surface area contributed by atoms with Gasteiger partial charge in [0.15, 0.2) is 18.0 Å². The summed E-state index contributed by atoms with van der Waals surface area (Å²) < 4.78 is 10.9. The Kier molecular flexibility index (Phi) is 5.26. The van der Waals surface area contributed by atoms with Crippen molar-refractivity contribution in [2.75, 3.05) is 6.61 Å². The minimum absolute atomic E-state index is 0.0670. The SMILES string of the molecule is CC(=O)OCC(=O)[C@@]1(OC(C)=O)CC[C@H]2[C@@H]3CCC4=CC(=O)C=C[C@]4(C)[C@H]3CC[C@@]21C. The predicted molar refractivity (Wildman–Crippen MR) is 113 cm³/mol. The van der Waals surface area contributed by atoms with Crippen LogP contribution < -0.4 is 0 Å². The van der Waals surface area contributed by atoms with Crippen LogP contribution in [-0.4, -0.2) is 35.7 Å². The molecule has 0 bridgehead atoms. The number of esters is 2. The lowest BCUT2D eigenvalue weighted by Crippen LogP contribution is -2.59. The third-order valence-electron chi connectivity index (χ3n) is 8.85. The molecule has 4 aliphatic rings. The Morgan fingerprint density at radius 2 is 1.74 bits per heavy atom. The van der Waals surface area contributed by atoms with E-state index in [1.165, 1.54) is 19.4 Å². The van der Waals surface area contributed by atoms with Crippen LogP contribution in [0, 0.1) is 28.6 Å². The molecule has 0 radical (unpaired) electrons. The second kappa shape index (κ2) is 7.42. The van der Waals surface area contributed by atoms with Crippen LogP contribution in [0.5, 0.6) is 0 Å². The van der Waals surface area contributed by atoms with E-state index < -0.39 is 23.0 Å². The molecule has 4 rings (SSSR count). The average Bonchev–Trinajstić information content (AvgIpc) is 2.99. The molecule has 0 aromatic heterocycles. The molecule has 31 heavy (non-hydrogen) atoms. The van der Waals surface area contributed by atoms with Crippen LogP contribution in [0.4, 0.5) is 0 Å². The summed E-state index contributed by atoms with van der Waals surface area (Å²) in [6.45, 7) is 6.57. The Labute approximate surface area is 183 Å². The molecule has 3 fully saturated rings. The number of hydrogen-bond acceptors (Lipinski definition) is 6. The smallest absolute Gasteiger partial charge is 0.303 e. The van der Waals surface area contributed by atoms with Crippen LogP contribution in [0.2, 0.25) is 0 Å². The van der Waals surface area contributed by atoms with Crippen molar-refractivity contribution in [3.05, 3.63) is 23.8 Å². The monoisotopic (exact) mass is 428 g/mol. The van der Waals surface area contributed by atoms with E-state index >= 15 is 0 Å². The maximum Gasteiger partial charge on any atom is 0.303 e. The van der Waals surface area contributed by atoms with Crippen molar-refractivity contribution < 1.29 is 28.7 Å². The van der Waals surface area contributed by atoms with Crippen LogP contribution in [0.3, 0.4) is 0 Å². The van der Waals surface area contributed by atoms with Crippen LogP contribution in [0.25, 0.3) is 0 Å². The summed E-state index contributed by atoms with van der Waals surface area (Å²) in [5.41, 5.74) is -0.658. The van der Waals surface area contributed by atoms with Crippen molar-refractivity contribution in [2.45, 2.75) is 71.8 Å². The van der Waals surface area contributed by atoms with Gasteiger partial charge in [-0.3, -0.25) is 19.2 Å². The maximum atomic E-state index is 13.3. The molecule has 0 aliphatic heterocycles. The van der Waals surface area contributed by atoms with Gasteiger partial charge in [-0.05, 0) is 68.4 Å². The van der Waals surface area contributed by atoms with Crippen molar-refractivity contribution in [1.82, 2.24) is 0 Å². The summed E-state index contributed by atoms with van der Waals surface area (Å²) in [6, 6.07) is 0. The van der Waals surface area contributed by atoms with E-state index in [-0.39, 0.29) is 29.5 Å². The first-order valence-corrected chi connectivity index (χ1v) is 11.3. The van der Waals surface area contributed by atoms with Gasteiger partial charge in [-0.15, -0.1) is 0 Å². The molecule has 0 saturated heterocycles. The third-order valence-corrected chi connectivity index (χ3v) is 8.85. The van der Waals surface area contributed by atoms with Gasteiger partial charge >= 0.3 is 11.9 Å². The summed E-state index contributed by atoms with van der Waals surface area (Å²) in [5, 5.41) is 0. The van der Waals surface area contributed by atoms with E-state index in [0.717, 1.165) is 32.1 Å². The van der Waals surface area contributed by atoms with E-state index in [9.17, 15) is 19.2 Å². The van der Waals surface area contributed by atoms with Crippen molar-refractivity contribution in [3.63, 3.8) is 0 Å². The highest BCUT2D eigenvalue weighted by Crippen LogP contribution is 2.67. The number of allylic oxidation sites excluding steroid dienone is 4. The van der Waals surface area contributed by atoms with Crippen LogP contribution in [0.15, 0.2) is 23.8 Å². The molecule has 0 spiro atoms. The Morgan fingerprint density at radius 3 is 2.42 bits per heavy atom. The second-order valence-corrected chi connectivity index (χ2v) is 10.2. The largest absolute Gasteiger partial charge is 0.458 e. The normalized spacial score (nSPS) is 40.8. The van der Waals surface area contributed by atoms with E-state index in [1.54, 1.807) is 6.08 Å². The number of fused-ring (bicyclic) bond motifs is 5. The van der Waals surface area contributed by atoms with Gasteiger partial charge in [-0.1, -0.05) is 25.5 Å². The highest BCUT2D eigenvalue weighted by molar-refractivity contribution is 6.01. The summed E-state index contributed by atoms with van der Waals surface area (Å²) in [5.74, 6) is -0.229. The fraction of sp³-hybridized carbons (Fsp3) is 0.680. The van der Waals surface area contributed by atoms with Gasteiger partial charge in [0.05, 0.1) is 0 Å². The van der Waals surface area contributed by atoms with Gasteiger partial charge in [0.25, 0.3) is 0 Å². The zero-order chi connectivity index (χ0) is 22.6. The predicted octanol–water partition coefficient (Wildman–Crippen LogP) is 3.73. The lowest BCUT2D eigenvalue weighted by atomic mass is 9.47. The quantitative estimate of drug-likeness (QED) is 0.634. The van der Waals surface area contributed by atoms with E-state index in [4.69, 9.17) is 9.47 Å². The Hall–Kier alpha value is -2.24. The number of Topliss-reactive ketones (excluding diaryl/α,β-unsaturated/α-hetero) is 1. The molecule has 0 heterocycles. The fourth-order valence-electron chi connectivity index (χ4n) is 7.41. The molecule has 0 unspecified atom stereocenters. The number of ether oxygens (including phenoxy) is 2. The highest BCUT2D eigenvalue weighted by atomic mass is 16.6. The average molecular weight is 429 g/mol. The standard InChI is InChI=1S/C25H32O6/c1-15(26)30-14-22(29)25(31-16(2)27)12-9-21-19-6-5-17-13-18(28)7-10-23(17,3)20(19)8-11-24(21,25)4/h7,10,13,19-21H,5-6,8-9,11-12,14H2,1-4H3/t19-,20+,21+,23+,24+,25+/m1/s1. The molecule has 6 heteroatoms. The number of ketones is 2. The van der Waals surface area contributed by atoms with Gasteiger partial charge in [-0.25, -0.2) is 0 Å². The number of hydrogen-bond donors (Lipinski definition) is 0. The van der Waals surface area contributed by atoms with E-state index in [2.05, 4.69) is 19.9 Å². The van der Waals surface area contributed by atoms with Crippen molar-refractivity contribution >= 4 is 23.5 Å². The van der Waals surface area contributed by atoms with Crippen molar-refractivity contribution in [3.8, 4) is 0 Å². The molecule has 0 amide bonds. The Bertz CT molecular complexity index is 900. The zero-order valence-corrected chi connectivity index (χ0v) is 18.9. The van der Waals surface area contributed by atoms with Crippen molar-refractivity contribution in [1.29, 1.82) is 0 Å². The minimum atomic E-state index is -1.25. The molecular formula is C25H32O6. The first-order valence-electron chi connectivity index (χ1n) is 11.3. The van der Waals surface area contributed by atoms with Gasteiger partial charge in [0.2, 0.25) is 5.78 Å².